The summed E-state index contributed by atoms with van der Waals surface area (Å²) in [5, 5.41) is 18.5. The number of nitro groups is 1. The van der Waals surface area contributed by atoms with Crippen LogP contribution in [-0.4, -0.2) is 42.1 Å². The highest BCUT2D eigenvalue weighted by molar-refractivity contribution is 6.30. The van der Waals surface area contributed by atoms with Crippen molar-refractivity contribution in [2.45, 2.75) is 32.7 Å². The molecule has 2 aromatic rings. The van der Waals surface area contributed by atoms with Crippen molar-refractivity contribution in [3.05, 3.63) is 68.7 Å². The summed E-state index contributed by atoms with van der Waals surface area (Å²) in [5.74, 6) is -1.09. The zero-order valence-electron chi connectivity index (χ0n) is 18.5. The Labute approximate surface area is 197 Å². The maximum atomic E-state index is 12.7. The van der Waals surface area contributed by atoms with E-state index in [4.69, 9.17) is 11.6 Å². The van der Waals surface area contributed by atoms with E-state index in [1.165, 1.54) is 18.3 Å². The molecule has 0 bridgehead atoms. The summed E-state index contributed by atoms with van der Waals surface area (Å²) in [7, 11) is 0. The monoisotopic (exact) mass is 471 g/mol. The molecule has 0 saturated carbocycles. The van der Waals surface area contributed by atoms with Crippen molar-refractivity contribution in [1.82, 2.24) is 10.7 Å². The number of nitrogens with one attached hydrogen (secondary N) is 2. The Hall–Kier alpha value is -3.46. The normalized spacial score (nSPS) is 14.5. The molecule has 10 heteroatoms. The molecule has 9 nitrogen and oxygen atoms in total. The third-order valence-electron chi connectivity index (χ3n) is 5.39. The standard InChI is InChI=1S/C23H26ClN5O4/c1-15(2)21(26-22(30)16-5-7-18(24)8-6-16)23(31)27-25-14-17-13-19(29(32)33)9-10-20(17)28-11-3-4-12-28/h5-10,13-15,21H,3-4,11-12H2,1-2H3,(H,26,30)(H,27,31)/b25-14+. The van der Waals surface area contributed by atoms with Crippen LogP contribution in [0.1, 0.15) is 42.6 Å². The highest BCUT2D eigenvalue weighted by Gasteiger charge is 2.25. The number of halogens is 1. The lowest BCUT2D eigenvalue weighted by Crippen LogP contribution is -2.48. The molecular formula is C23H26ClN5O4. The SMILES string of the molecule is CC(C)C(NC(=O)c1ccc(Cl)cc1)C(=O)N/N=C/c1cc([N+](=O)[O-])ccc1N1CCCC1. The largest absolute Gasteiger partial charge is 0.371 e. The number of benzene rings is 2. The van der Waals surface area contributed by atoms with Crippen LogP contribution >= 0.6 is 11.6 Å². The molecule has 2 aromatic carbocycles. The van der Waals surface area contributed by atoms with Crippen molar-refractivity contribution in [2.75, 3.05) is 18.0 Å². The number of non-ortho nitro benzene ring substituents is 1. The Balaban J connectivity index is 1.72. The van der Waals surface area contributed by atoms with Crippen LogP contribution in [0.4, 0.5) is 11.4 Å². The first kappa shape index (κ1) is 24.2. The van der Waals surface area contributed by atoms with Crippen molar-refractivity contribution in [3.8, 4) is 0 Å². The fourth-order valence-corrected chi connectivity index (χ4v) is 3.73. The number of rotatable bonds is 8. The first-order valence-corrected chi connectivity index (χ1v) is 11.1. The zero-order valence-corrected chi connectivity index (χ0v) is 19.2. The summed E-state index contributed by atoms with van der Waals surface area (Å²) in [4.78, 5) is 38.1. The summed E-state index contributed by atoms with van der Waals surface area (Å²) < 4.78 is 0. The van der Waals surface area contributed by atoms with Crippen molar-refractivity contribution in [1.29, 1.82) is 0 Å². The van der Waals surface area contributed by atoms with Crippen LogP contribution in [0.5, 0.6) is 0 Å². The summed E-state index contributed by atoms with van der Waals surface area (Å²) in [6.45, 7) is 5.33. The van der Waals surface area contributed by atoms with Gasteiger partial charge in [0.1, 0.15) is 6.04 Å². The third-order valence-corrected chi connectivity index (χ3v) is 5.64. The van der Waals surface area contributed by atoms with E-state index in [0.29, 0.717) is 16.1 Å². The Morgan fingerprint density at radius 1 is 1.15 bits per heavy atom. The summed E-state index contributed by atoms with van der Waals surface area (Å²) in [6, 6.07) is 10.1. The molecule has 0 radical (unpaired) electrons. The first-order chi connectivity index (χ1) is 15.8. The van der Waals surface area contributed by atoms with Crippen LogP contribution in [0.15, 0.2) is 47.6 Å². The van der Waals surface area contributed by atoms with Crippen molar-refractivity contribution in [2.24, 2.45) is 11.0 Å². The maximum Gasteiger partial charge on any atom is 0.270 e. The molecule has 2 N–H and O–H groups in total. The number of hydrogen-bond acceptors (Lipinski definition) is 6. The van der Waals surface area contributed by atoms with Crippen molar-refractivity contribution in [3.63, 3.8) is 0 Å². The highest BCUT2D eigenvalue weighted by atomic mass is 35.5. The van der Waals surface area contributed by atoms with Crippen LogP contribution in [0.25, 0.3) is 0 Å². The maximum absolute atomic E-state index is 12.7. The van der Waals surface area contributed by atoms with Gasteiger partial charge in [-0.25, -0.2) is 5.43 Å². The van der Waals surface area contributed by atoms with Crippen molar-refractivity contribution >= 4 is 41.0 Å². The molecule has 0 aromatic heterocycles. The number of amides is 2. The lowest BCUT2D eigenvalue weighted by Gasteiger charge is -2.21. The number of carbonyl (C=O) groups excluding carboxylic acids is 2. The van der Waals surface area contributed by atoms with Gasteiger partial charge in [-0.15, -0.1) is 0 Å². The van der Waals surface area contributed by atoms with Gasteiger partial charge in [-0.2, -0.15) is 5.10 Å². The van der Waals surface area contributed by atoms with Gasteiger partial charge in [0, 0.05) is 47.1 Å². The van der Waals surface area contributed by atoms with Gasteiger partial charge in [-0.1, -0.05) is 25.4 Å². The number of hydrogen-bond donors (Lipinski definition) is 2. The summed E-state index contributed by atoms with van der Waals surface area (Å²) in [5.41, 5.74) is 4.15. The van der Waals surface area contributed by atoms with Gasteiger partial charge < -0.3 is 10.2 Å². The third kappa shape index (κ3) is 6.29. The molecule has 1 saturated heterocycles. The number of hydrazone groups is 1. The molecule has 3 rings (SSSR count). The number of nitrogens with zero attached hydrogens (tertiary/aromatic N) is 3. The van der Waals surface area contributed by atoms with Gasteiger partial charge in [-0.05, 0) is 49.1 Å². The molecule has 1 heterocycles. The second-order valence-corrected chi connectivity index (χ2v) is 8.57. The van der Waals surface area contributed by atoms with E-state index in [9.17, 15) is 19.7 Å². The number of nitro benzene ring substituents is 1. The molecule has 1 atom stereocenters. The molecule has 1 aliphatic rings. The van der Waals surface area contributed by atoms with Gasteiger partial charge in [-0.3, -0.25) is 19.7 Å². The van der Waals surface area contributed by atoms with Gasteiger partial charge in [0.2, 0.25) is 0 Å². The Morgan fingerprint density at radius 2 is 1.82 bits per heavy atom. The van der Waals surface area contributed by atoms with Crippen LogP contribution in [-0.2, 0) is 4.79 Å². The number of anilines is 1. The van der Waals surface area contributed by atoms with E-state index >= 15 is 0 Å². The molecular weight excluding hydrogens is 446 g/mol. The topological polar surface area (TPSA) is 117 Å². The van der Waals surface area contributed by atoms with E-state index in [1.54, 1.807) is 30.3 Å². The lowest BCUT2D eigenvalue weighted by atomic mass is 10.0. The quantitative estimate of drug-likeness (QED) is 0.345. The predicted octanol–water partition coefficient (Wildman–Crippen LogP) is 3.75. The van der Waals surface area contributed by atoms with Gasteiger partial charge in [0.15, 0.2) is 0 Å². The minimum absolute atomic E-state index is 0.0546. The van der Waals surface area contributed by atoms with E-state index in [1.807, 2.05) is 13.8 Å². The highest BCUT2D eigenvalue weighted by Crippen LogP contribution is 2.27. The van der Waals surface area contributed by atoms with E-state index < -0.39 is 22.8 Å². The molecule has 0 aliphatic carbocycles. The Morgan fingerprint density at radius 3 is 2.42 bits per heavy atom. The molecule has 0 spiro atoms. The van der Waals surface area contributed by atoms with E-state index in [2.05, 4.69) is 20.7 Å². The average Bonchev–Trinajstić information content (AvgIpc) is 3.32. The second-order valence-electron chi connectivity index (χ2n) is 8.13. The predicted molar refractivity (Wildman–Crippen MR) is 128 cm³/mol. The fourth-order valence-electron chi connectivity index (χ4n) is 3.60. The Bertz CT molecular complexity index is 1050. The zero-order chi connectivity index (χ0) is 24.0. The first-order valence-electron chi connectivity index (χ1n) is 10.7. The molecule has 2 amide bonds. The van der Waals surface area contributed by atoms with Crippen LogP contribution in [0, 0.1) is 16.0 Å². The molecule has 1 fully saturated rings. The Kier molecular flexibility index (Phi) is 8.00. The van der Waals surface area contributed by atoms with Crippen molar-refractivity contribution < 1.29 is 14.5 Å². The second kappa shape index (κ2) is 10.9. The van der Waals surface area contributed by atoms with Gasteiger partial charge in [0.25, 0.3) is 17.5 Å². The van der Waals surface area contributed by atoms with Gasteiger partial charge >= 0.3 is 0 Å². The minimum Gasteiger partial charge on any atom is -0.371 e. The molecule has 174 valence electrons. The van der Waals surface area contributed by atoms with Crippen LogP contribution in [0.2, 0.25) is 5.02 Å². The van der Waals surface area contributed by atoms with E-state index in [-0.39, 0.29) is 11.6 Å². The van der Waals surface area contributed by atoms with Gasteiger partial charge in [0.05, 0.1) is 11.1 Å². The molecule has 33 heavy (non-hydrogen) atoms. The molecule has 1 aliphatic heterocycles. The minimum atomic E-state index is -0.825. The number of carbonyl (C=O) groups is 2. The fraction of sp³-hybridized carbons (Fsp3) is 0.348. The summed E-state index contributed by atoms with van der Waals surface area (Å²) >= 11 is 5.86. The molecule has 1 unspecified atom stereocenters. The average molecular weight is 472 g/mol. The summed E-state index contributed by atoms with van der Waals surface area (Å²) in [6.07, 6.45) is 3.50. The van der Waals surface area contributed by atoms with E-state index in [0.717, 1.165) is 31.6 Å². The lowest BCUT2D eigenvalue weighted by molar-refractivity contribution is -0.384. The van der Waals surface area contributed by atoms with Crippen LogP contribution < -0.4 is 15.6 Å². The van der Waals surface area contributed by atoms with Crippen LogP contribution in [0.3, 0.4) is 0 Å². The smallest absolute Gasteiger partial charge is 0.270 e.